The second-order valence-corrected chi connectivity index (χ2v) is 4.84. The van der Waals surface area contributed by atoms with E-state index in [9.17, 15) is 22.7 Å². The summed E-state index contributed by atoms with van der Waals surface area (Å²) >= 11 is 0. The van der Waals surface area contributed by atoms with Gasteiger partial charge in [0, 0.05) is 12.6 Å². The number of aliphatic hydroxyl groups excluding tert-OH is 1. The van der Waals surface area contributed by atoms with Gasteiger partial charge in [0.05, 0.1) is 12.6 Å². The summed E-state index contributed by atoms with van der Waals surface area (Å²) in [5.41, 5.74) is 0.425. The number of halogens is 4. The molecule has 6 heteroatoms. The van der Waals surface area contributed by atoms with Crippen LogP contribution in [0.15, 0.2) is 24.3 Å². The van der Waals surface area contributed by atoms with Gasteiger partial charge in [-0.15, -0.1) is 0 Å². The van der Waals surface area contributed by atoms with E-state index in [1.807, 2.05) is 0 Å². The van der Waals surface area contributed by atoms with Crippen LogP contribution in [0.1, 0.15) is 24.5 Å². The second-order valence-electron chi connectivity index (χ2n) is 4.84. The van der Waals surface area contributed by atoms with Crippen molar-refractivity contribution in [1.29, 1.82) is 0 Å². The molecule has 1 fully saturated rings. The van der Waals surface area contributed by atoms with Crippen LogP contribution < -0.4 is 0 Å². The van der Waals surface area contributed by atoms with Gasteiger partial charge in [-0.25, -0.2) is 4.39 Å². The molecule has 1 aromatic carbocycles. The highest BCUT2D eigenvalue weighted by Crippen LogP contribution is 2.31. The number of rotatable bonds is 5. The van der Waals surface area contributed by atoms with Gasteiger partial charge < -0.3 is 5.11 Å². The lowest BCUT2D eigenvalue weighted by Gasteiger charge is -2.26. The Balaban J connectivity index is 1.98. The average molecular weight is 277 g/mol. The van der Waals surface area contributed by atoms with Crippen LogP contribution in [-0.4, -0.2) is 35.3 Å². The van der Waals surface area contributed by atoms with Crippen molar-refractivity contribution in [2.45, 2.75) is 31.2 Å². The third kappa shape index (κ3) is 4.47. The first-order valence-corrected chi connectivity index (χ1v) is 6.09. The maximum absolute atomic E-state index is 12.7. The minimum atomic E-state index is -4.27. The van der Waals surface area contributed by atoms with E-state index in [0.29, 0.717) is 5.56 Å². The van der Waals surface area contributed by atoms with E-state index in [4.69, 9.17) is 0 Å². The standard InChI is InChI=1S/C13H15F4NO/c14-10-3-1-9(2-4-10)12(19)7-18(11-5-6-11)8-13(15,16)17/h1-4,11-12,19H,5-8H2. The topological polar surface area (TPSA) is 23.5 Å². The molecule has 0 aromatic heterocycles. The van der Waals surface area contributed by atoms with Crippen LogP contribution in [0.3, 0.4) is 0 Å². The molecule has 106 valence electrons. The molecule has 1 aliphatic carbocycles. The molecule has 0 spiro atoms. The number of aliphatic hydroxyl groups is 1. The largest absolute Gasteiger partial charge is 0.401 e. The predicted molar refractivity (Wildman–Crippen MR) is 62.0 cm³/mol. The van der Waals surface area contributed by atoms with Crippen molar-refractivity contribution in [3.63, 3.8) is 0 Å². The first-order chi connectivity index (χ1) is 8.85. The Bertz CT molecular complexity index is 414. The Morgan fingerprint density at radius 1 is 1.21 bits per heavy atom. The molecule has 19 heavy (non-hydrogen) atoms. The zero-order valence-corrected chi connectivity index (χ0v) is 10.2. The highest BCUT2D eigenvalue weighted by atomic mass is 19.4. The van der Waals surface area contributed by atoms with Crippen LogP contribution in [0.2, 0.25) is 0 Å². The Morgan fingerprint density at radius 3 is 2.26 bits per heavy atom. The van der Waals surface area contributed by atoms with Crippen LogP contribution in [0.5, 0.6) is 0 Å². The lowest BCUT2D eigenvalue weighted by molar-refractivity contribution is -0.149. The zero-order chi connectivity index (χ0) is 14.0. The molecule has 0 heterocycles. The van der Waals surface area contributed by atoms with E-state index in [2.05, 4.69) is 0 Å². The molecule has 1 saturated carbocycles. The number of hydrogen-bond acceptors (Lipinski definition) is 2. The normalized spacial score (nSPS) is 17.8. The fourth-order valence-electron chi connectivity index (χ4n) is 2.03. The molecule has 0 saturated heterocycles. The van der Waals surface area contributed by atoms with Crippen molar-refractivity contribution in [2.75, 3.05) is 13.1 Å². The van der Waals surface area contributed by atoms with Crippen LogP contribution in [0.25, 0.3) is 0 Å². The molecule has 0 bridgehead atoms. The summed E-state index contributed by atoms with van der Waals surface area (Å²) in [4.78, 5) is 1.24. The molecule has 0 radical (unpaired) electrons. The Kier molecular flexibility index (Phi) is 4.10. The molecule has 1 unspecified atom stereocenters. The summed E-state index contributed by atoms with van der Waals surface area (Å²) in [6, 6.07) is 5.04. The number of hydrogen-bond donors (Lipinski definition) is 1. The van der Waals surface area contributed by atoms with Crippen LogP contribution in [0, 0.1) is 5.82 Å². The highest BCUT2D eigenvalue weighted by Gasteiger charge is 2.38. The SMILES string of the molecule is OC(CN(CC(F)(F)F)C1CC1)c1ccc(F)cc1. The Morgan fingerprint density at radius 2 is 1.79 bits per heavy atom. The van der Waals surface area contributed by atoms with E-state index < -0.39 is 24.6 Å². The van der Waals surface area contributed by atoms with Crippen molar-refractivity contribution < 1.29 is 22.7 Å². The summed E-state index contributed by atoms with van der Waals surface area (Å²) in [5, 5.41) is 9.92. The average Bonchev–Trinajstić information content (AvgIpc) is 3.10. The van der Waals surface area contributed by atoms with Gasteiger partial charge in [-0.3, -0.25) is 4.90 Å². The number of benzene rings is 1. The summed E-state index contributed by atoms with van der Waals surface area (Å²) in [6.45, 7) is -1.11. The fraction of sp³-hybridized carbons (Fsp3) is 0.538. The molecular formula is C13H15F4NO. The van der Waals surface area contributed by atoms with E-state index >= 15 is 0 Å². The van der Waals surface area contributed by atoms with E-state index in [1.165, 1.54) is 29.2 Å². The van der Waals surface area contributed by atoms with Crippen molar-refractivity contribution in [1.82, 2.24) is 4.90 Å². The summed E-state index contributed by atoms with van der Waals surface area (Å²) in [7, 11) is 0. The molecular weight excluding hydrogens is 262 g/mol. The molecule has 2 nitrogen and oxygen atoms in total. The Hall–Kier alpha value is -1.14. The molecule has 1 aromatic rings. The first-order valence-electron chi connectivity index (χ1n) is 6.09. The van der Waals surface area contributed by atoms with Crippen molar-refractivity contribution >= 4 is 0 Å². The molecule has 1 N–H and O–H groups in total. The second kappa shape index (κ2) is 5.46. The van der Waals surface area contributed by atoms with Gasteiger partial charge in [0.15, 0.2) is 0 Å². The lowest BCUT2D eigenvalue weighted by atomic mass is 10.1. The fourth-order valence-corrected chi connectivity index (χ4v) is 2.03. The molecule has 1 atom stereocenters. The van der Waals surface area contributed by atoms with Crippen LogP contribution in [0.4, 0.5) is 17.6 Å². The molecule has 1 aliphatic rings. The van der Waals surface area contributed by atoms with E-state index in [0.717, 1.165) is 12.8 Å². The minimum absolute atomic E-state index is 0.0875. The molecule has 2 rings (SSSR count). The summed E-state index contributed by atoms with van der Waals surface area (Å²) in [6.07, 6.45) is -3.85. The van der Waals surface area contributed by atoms with Crippen molar-refractivity contribution in [2.24, 2.45) is 0 Å². The molecule has 0 aliphatic heterocycles. The smallest absolute Gasteiger partial charge is 0.387 e. The first kappa shape index (κ1) is 14.3. The van der Waals surface area contributed by atoms with Gasteiger partial charge >= 0.3 is 6.18 Å². The third-order valence-corrected chi connectivity index (χ3v) is 3.11. The monoisotopic (exact) mass is 277 g/mol. The quantitative estimate of drug-likeness (QED) is 0.837. The van der Waals surface area contributed by atoms with E-state index in [1.54, 1.807) is 0 Å². The zero-order valence-electron chi connectivity index (χ0n) is 10.2. The van der Waals surface area contributed by atoms with Gasteiger partial charge in [0.25, 0.3) is 0 Å². The highest BCUT2D eigenvalue weighted by molar-refractivity contribution is 5.18. The van der Waals surface area contributed by atoms with Crippen LogP contribution >= 0.6 is 0 Å². The van der Waals surface area contributed by atoms with E-state index in [-0.39, 0.29) is 12.6 Å². The van der Waals surface area contributed by atoms with Gasteiger partial charge in [0.1, 0.15) is 5.82 Å². The Labute approximate surface area is 108 Å². The van der Waals surface area contributed by atoms with Crippen molar-refractivity contribution in [3.8, 4) is 0 Å². The van der Waals surface area contributed by atoms with Crippen molar-refractivity contribution in [3.05, 3.63) is 35.6 Å². The third-order valence-electron chi connectivity index (χ3n) is 3.11. The summed E-state index contributed by atoms with van der Waals surface area (Å²) in [5.74, 6) is -0.440. The predicted octanol–water partition coefficient (Wildman–Crippen LogP) is 2.89. The minimum Gasteiger partial charge on any atom is -0.387 e. The summed E-state index contributed by atoms with van der Waals surface area (Å²) < 4.78 is 50.0. The maximum atomic E-state index is 12.7. The van der Waals surface area contributed by atoms with Gasteiger partial charge in [-0.05, 0) is 30.5 Å². The molecule has 0 amide bonds. The lowest BCUT2D eigenvalue weighted by Crippen LogP contribution is -2.38. The number of alkyl halides is 3. The van der Waals surface area contributed by atoms with Gasteiger partial charge in [0.2, 0.25) is 0 Å². The van der Waals surface area contributed by atoms with Crippen LogP contribution in [-0.2, 0) is 0 Å². The van der Waals surface area contributed by atoms with Gasteiger partial charge in [-0.2, -0.15) is 13.2 Å². The van der Waals surface area contributed by atoms with Gasteiger partial charge in [-0.1, -0.05) is 12.1 Å². The number of nitrogens with zero attached hydrogens (tertiary/aromatic N) is 1. The maximum Gasteiger partial charge on any atom is 0.401 e.